The summed E-state index contributed by atoms with van der Waals surface area (Å²) in [4.78, 5) is 10.4. The molecular formula is C6H12ClNO. The monoisotopic (exact) mass is 149 g/mol. The van der Waals surface area contributed by atoms with E-state index in [0.717, 1.165) is 12.8 Å². The van der Waals surface area contributed by atoms with Crippen LogP contribution in [0.15, 0.2) is 0 Å². The van der Waals surface area contributed by atoms with E-state index < -0.39 is 0 Å². The molecule has 1 aliphatic carbocycles. The van der Waals surface area contributed by atoms with Crippen LogP contribution in [-0.2, 0) is 4.79 Å². The number of hydrogen-bond donors (Lipinski definition) is 1. The minimum atomic E-state index is 0. The molecule has 1 aliphatic rings. The highest BCUT2D eigenvalue weighted by molar-refractivity contribution is 5.85. The van der Waals surface area contributed by atoms with Crippen molar-refractivity contribution in [3.05, 3.63) is 0 Å². The van der Waals surface area contributed by atoms with Crippen LogP contribution < -0.4 is 5.73 Å². The lowest BCUT2D eigenvalue weighted by Crippen LogP contribution is -2.37. The van der Waals surface area contributed by atoms with Gasteiger partial charge < -0.3 is 5.73 Å². The Morgan fingerprint density at radius 3 is 2.22 bits per heavy atom. The van der Waals surface area contributed by atoms with Gasteiger partial charge in [0.25, 0.3) is 0 Å². The van der Waals surface area contributed by atoms with E-state index in [9.17, 15) is 4.79 Å². The molecule has 1 fully saturated rings. The Morgan fingerprint density at radius 1 is 1.67 bits per heavy atom. The number of hydrogen-bond acceptors (Lipinski definition) is 2. The summed E-state index contributed by atoms with van der Waals surface area (Å²) in [5.74, 6) is 0.856. The zero-order chi connectivity index (χ0) is 6.15. The van der Waals surface area contributed by atoms with Gasteiger partial charge in [-0.15, -0.1) is 12.4 Å². The van der Waals surface area contributed by atoms with E-state index in [1.165, 1.54) is 0 Å². The van der Waals surface area contributed by atoms with Crippen LogP contribution in [0.4, 0.5) is 0 Å². The Morgan fingerprint density at radius 2 is 2.11 bits per heavy atom. The Labute approximate surface area is 61.2 Å². The van der Waals surface area contributed by atoms with Crippen LogP contribution in [0.3, 0.4) is 0 Å². The van der Waals surface area contributed by atoms with Gasteiger partial charge in [0, 0.05) is 18.9 Å². The molecule has 0 radical (unpaired) electrons. The zero-order valence-corrected chi connectivity index (χ0v) is 6.28. The fourth-order valence-corrected chi connectivity index (χ4v) is 0.897. The second-order valence-corrected chi connectivity index (χ2v) is 2.57. The number of Topliss-reactive ketones (excluding diaryl/α,β-unsaturated/α-hetero) is 1. The second kappa shape index (κ2) is 3.18. The summed E-state index contributed by atoms with van der Waals surface area (Å²) in [5.41, 5.74) is 5.51. The van der Waals surface area contributed by atoms with E-state index in [4.69, 9.17) is 5.73 Å². The molecular weight excluding hydrogens is 138 g/mol. The summed E-state index contributed by atoms with van der Waals surface area (Å²) >= 11 is 0. The van der Waals surface area contributed by atoms with Crippen molar-refractivity contribution in [2.45, 2.75) is 25.8 Å². The van der Waals surface area contributed by atoms with Crippen LogP contribution in [0.25, 0.3) is 0 Å². The first-order valence-electron chi connectivity index (χ1n) is 2.97. The molecule has 0 bridgehead atoms. The molecule has 1 atom stereocenters. The Bertz CT molecular complexity index is 106. The third-order valence-electron chi connectivity index (χ3n) is 1.72. The van der Waals surface area contributed by atoms with Crippen molar-refractivity contribution >= 4 is 18.2 Å². The molecule has 0 aliphatic heterocycles. The summed E-state index contributed by atoms with van der Waals surface area (Å²) in [7, 11) is 0. The van der Waals surface area contributed by atoms with Crippen molar-refractivity contribution in [1.29, 1.82) is 0 Å². The molecule has 1 saturated carbocycles. The normalized spacial score (nSPS) is 22.2. The number of rotatable bonds is 1. The first-order chi connectivity index (χ1) is 3.70. The van der Waals surface area contributed by atoms with Crippen LogP contribution in [0.5, 0.6) is 0 Å². The van der Waals surface area contributed by atoms with E-state index in [1.807, 2.05) is 6.92 Å². The lowest BCUT2D eigenvalue weighted by molar-refractivity contribution is -0.127. The van der Waals surface area contributed by atoms with Gasteiger partial charge in [0.15, 0.2) is 0 Å². The smallest absolute Gasteiger partial charge is 0.133 e. The predicted octanol–water partition coefficient (Wildman–Crippen LogP) is 0.734. The third kappa shape index (κ3) is 1.95. The molecule has 0 heterocycles. The van der Waals surface area contributed by atoms with Crippen molar-refractivity contribution < 1.29 is 4.79 Å². The van der Waals surface area contributed by atoms with Crippen LogP contribution in [0, 0.1) is 5.92 Å². The Balaban J connectivity index is 0.000000640. The summed E-state index contributed by atoms with van der Waals surface area (Å²) in [6, 6.07) is 0.215. The number of ketones is 1. The van der Waals surface area contributed by atoms with E-state index in [2.05, 4.69) is 0 Å². The molecule has 0 amide bonds. The van der Waals surface area contributed by atoms with Gasteiger partial charge in [-0.05, 0) is 12.8 Å². The van der Waals surface area contributed by atoms with Crippen LogP contribution in [0.2, 0.25) is 0 Å². The quantitative estimate of drug-likeness (QED) is 0.598. The fourth-order valence-electron chi connectivity index (χ4n) is 0.897. The van der Waals surface area contributed by atoms with Gasteiger partial charge in [0.05, 0.1) is 0 Å². The number of carbonyl (C=O) groups is 1. The van der Waals surface area contributed by atoms with Crippen molar-refractivity contribution in [3.8, 4) is 0 Å². The lowest BCUT2D eigenvalue weighted by Gasteiger charge is -2.27. The van der Waals surface area contributed by atoms with Crippen LogP contribution in [-0.4, -0.2) is 11.8 Å². The van der Waals surface area contributed by atoms with E-state index in [1.54, 1.807) is 0 Å². The topological polar surface area (TPSA) is 43.1 Å². The molecule has 0 aromatic heterocycles. The first kappa shape index (κ1) is 8.92. The molecule has 0 spiro atoms. The van der Waals surface area contributed by atoms with Crippen LogP contribution in [0.1, 0.15) is 19.8 Å². The summed E-state index contributed by atoms with van der Waals surface area (Å²) in [5, 5.41) is 0. The maximum Gasteiger partial charge on any atom is 0.133 e. The molecule has 54 valence electrons. The van der Waals surface area contributed by atoms with Gasteiger partial charge in [-0.3, -0.25) is 4.79 Å². The lowest BCUT2D eigenvalue weighted by atomic mass is 9.80. The average Bonchev–Trinajstić information content (AvgIpc) is 1.57. The van der Waals surface area contributed by atoms with Crippen molar-refractivity contribution in [2.24, 2.45) is 11.7 Å². The van der Waals surface area contributed by atoms with E-state index in [-0.39, 0.29) is 18.4 Å². The number of nitrogens with two attached hydrogens (primary N) is 1. The maximum absolute atomic E-state index is 10.4. The van der Waals surface area contributed by atoms with Gasteiger partial charge >= 0.3 is 0 Å². The largest absolute Gasteiger partial charge is 0.328 e. The minimum Gasteiger partial charge on any atom is -0.328 e. The van der Waals surface area contributed by atoms with Crippen molar-refractivity contribution in [2.75, 3.05) is 0 Å². The number of carbonyl (C=O) groups excluding carboxylic acids is 1. The molecule has 9 heavy (non-hydrogen) atoms. The molecule has 0 saturated heterocycles. The predicted molar refractivity (Wildman–Crippen MR) is 38.6 cm³/mol. The third-order valence-corrected chi connectivity index (χ3v) is 1.72. The zero-order valence-electron chi connectivity index (χ0n) is 5.46. The highest BCUT2D eigenvalue weighted by Crippen LogP contribution is 2.24. The van der Waals surface area contributed by atoms with Gasteiger partial charge in [-0.1, -0.05) is 0 Å². The van der Waals surface area contributed by atoms with Gasteiger partial charge in [-0.2, -0.15) is 0 Å². The summed E-state index contributed by atoms with van der Waals surface area (Å²) in [6.45, 7) is 1.96. The summed E-state index contributed by atoms with van der Waals surface area (Å²) < 4.78 is 0. The average molecular weight is 150 g/mol. The summed E-state index contributed by atoms with van der Waals surface area (Å²) in [6.07, 6.45) is 1.44. The molecule has 2 N–H and O–H groups in total. The molecule has 0 aromatic rings. The SMILES string of the molecule is CC(N)C1CC(=O)C1.Cl. The van der Waals surface area contributed by atoms with Crippen LogP contribution >= 0.6 is 12.4 Å². The molecule has 0 aromatic carbocycles. The van der Waals surface area contributed by atoms with E-state index >= 15 is 0 Å². The van der Waals surface area contributed by atoms with Crippen molar-refractivity contribution in [3.63, 3.8) is 0 Å². The fraction of sp³-hybridized carbons (Fsp3) is 0.833. The Kier molecular flexibility index (Phi) is 3.15. The Hall–Kier alpha value is -0.0800. The highest BCUT2D eigenvalue weighted by atomic mass is 35.5. The van der Waals surface area contributed by atoms with Gasteiger partial charge in [-0.25, -0.2) is 0 Å². The second-order valence-electron chi connectivity index (χ2n) is 2.57. The molecule has 2 nitrogen and oxygen atoms in total. The van der Waals surface area contributed by atoms with Gasteiger partial charge in [0.2, 0.25) is 0 Å². The van der Waals surface area contributed by atoms with Crippen molar-refractivity contribution in [1.82, 2.24) is 0 Å². The molecule has 3 heteroatoms. The molecule has 1 rings (SSSR count). The van der Waals surface area contributed by atoms with Gasteiger partial charge in [0.1, 0.15) is 5.78 Å². The maximum atomic E-state index is 10.4. The number of halogens is 1. The van der Waals surface area contributed by atoms with E-state index in [0.29, 0.717) is 11.7 Å². The minimum absolute atomic E-state index is 0. The molecule has 1 unspecified atom stereocenters. The highest BCUT2D eigenvalue weighted by Gasteiger charge is 2.28. The first-order valence-corrected chi connectivity index (χ1v) is 2.97. The standard InChI is InChI=1S/C6H11NO.ClH/c1-4(7)5-2-6(8)3-5;/h4-5H,2-3,7H2,1H3;1H.